The first-order valence-corrected chi connectivity index (χ1v) is 13.4. The molecule has 0 saturated carbocycles. The maximum Gasteiger partial charge on any atom is 0.322 e. The summed E-state index contributed by atoms with van der Waals surface area (Å²) in [4.78, 5) is 32.2. The van der Waals surface area contributed by atoms with E-state index in [4.69, 9.17) is 18.6 Å². The van der Waals surface area contributed by atoms with Crippen molar-refractivity contribution in [3.63, 3.8) is 0 Å². The number of hydrogen-bond donors (Lipinski definition) is 1. The van der Waals surface area contributed by atoms with Gasteiger partial charge in [0.25, 0.3) is 0 Å². The van der Waals surface area contributed by atoms with E-state index in [1.807, 2.05) is 12.1 Å². The highest BCUT2D eigenvalue weighted by Gasteiger charge is 2.24. The third kappa shape index (κ3) is 7.74. The van der Waals surface area contributed by atoms with Crippen LogP contribution in [0.15, 0.2) is 59.2 Å². The molecule has 3 amide bonds. The maximum atomic E-state index is 13.8. The summed E-state index contributed by atoms with van der Waals surface area (Å²) in [6, 6.07) is 11.5. The molecule has 3 heterocycles. The third-order valence-corrected chi connectivity index (χ3v) is 6.88. The van der Waals surface area contributed by atoms with E-state index in [0.29, 0.717) is 36.9 Å². The van der Waals surface area contributed by atoms with Crippen molar-refractivity contribution in [2.75, 3.05) is 58.0 Å². The van der Waals surface area contributed by atoms with Crippen LogP contribution >= 0.6 is 0 Å². The maximum absolute atomic E-state index is 13.8. The second kappa shape index (κ2) is 13.5. The topological polar surface area (TPSA) is 96.7 Å². The molecule has 2 aliphatic heterocycles. The molecule has 0 radical (unpaired) electrons. The van der Waals surface area contributed by atoms with E-state index >= 15 is 0 Å². The van der Waals surface area contributed by atoms with Gasteiger partial charge in [-0.25, -0.2) is 13.6 Å². The van der Waals surface area contributed by atoms with Crippen LogP contribution in [0.1, 0.15) is 17.7 Å². The minimum atomic E-state index is -1.08. The van der Waals surface area contributed by atoms with Crippen molar-refractivity contribution in [1.82, 2.24) is 14.7 Å². The van der Waals surface area contributed by atoms with E-state index in [2.05, 4.69) is 10.2 Å². The van der Waals surface area contributed by atoms with Crippen LogP contribution in [-0.2, 0) is 22.6 Å². The molecular weight excluding hydrogens is 538 g/mol. The quantitative estimate of drug-likeness (QED) is 0.371. The molecule has 2 aliphatic rings. The fourth-order valence-electron chi connectivity index (χ4n) is 4.68. The largest absolute Gasteiger partial charge is 0.467 e. The summed E-state index contributed by atoms with van der Waals surface area (Å²) < 4.78 is 49.0. The lowest BCUT2D eigenvalue weighted by molar-refractivity contribution is -0.133. The standard InChI is InChI=1S/C29H32F2N4O6/c30-24-6-5-22(16-25(24)31)32-29(37)34(9-2-8-33-10-13-38-14-11-33)19-28(36)35(18-23-3-1-12-39-23)17-21-4-7-26-27(15-21)41-20-40-26/h1,3-7,12,15-16H,2,8-11,13-14,17-20H2,(H,32,37). The van der Waals surface area contributed by atoms with Gasteiger partial charge in [0.1, 0.15) is 12.3 Å². The zero-order chi connectivity index (χ0) is 28.6. The van der Waals surface area contributed by atoms with Crippen LogP contribution in [0.3, 0.4) is 0 Å². The number of carbonyl (C=O) groups excluding carboxylic acids is 2. The Bertz CT molecular complexity index is 1330. The third-order valence-electron chi connectivity index (χ3n) is 6.88. The highest BCUT2D eigenvalue weighted by molar-refractivity contribution is 5.92. The molecule has 2 aromatic carbocycles. The van der Waals surface area contributed by atoms with Gasteiger partial charge in [-0.1, -0.05) is 6.07 Å². The summed E-state index contributed by atoms with van der Waals surface area (Å²) >= 11 is 0. The van der Waals surface area contributed by atoms with E-state index in [0.717, 1.165) is 37.3 Å². The molecule has 0 aliphatic carbocycles. The van der Waals surface area contributed by atoms with Crippen LogP contribution in [-0.4, -0.2) is 79.4 Å². The number of rotatable bonds is 11. The van der Waals surface area contributed by atoms with Crippen LogP contribution in [0.2, 0.25) is 0 Å². The number of nitrogens with one attached hydrogen (secondary N) is 1. The SMILES string of the molecule is O=C(CN(CCCN1CCOCC1)C(=O)Nc1ccc(F)c(F)c1)N(Cc1ccc2c(c1)OCO2)Cc1ccco1. The number of anilines is 1. The summed E-state index contributed by atoms with van der Waals surface area (Å²) in [7, 11) is 0. The van der Waals surface area contributed by atoms with E-state index < -0.39 is 17.7 Å². The zero-order valence-electron chi connectivity index (χ0n) is 22.5. The average Bonchev–Trinajstić information content (AvgIpc) is 3.66. The number of benzene rings is 2. The molecule has 0 spiro atoms. The van der Waals surface area contributed by atoms with Crippen LogP contribution in [0.5, 0.6) is 11.5 Å². The van der Waals surface area contributed by atoms with Gasteiger partial charge < -0.3 is 33.7 Å². The summed E-state index contributed by atoms with van der Waals surface area (Å²) in [5, 5.41) is 2.59. The number of ether oxygens (including phenoxy) is 3. The Balaban J connectivity index is 1.30. The van der Waals surface area contributed by atoms with Gasteiger partial charge in [-0.3, -0.25) is 9.69 Å². The van der Waals surface area contributed by atoms with Gasteiger partial charge in [0, 0.05) is 44.5 Å². The highest BCUT2D eigenvalue weighted by atomic mass is 19.2. The molecule has 0 atom stereocenters. The first-order valence-electron chi connectivity index (χ1n) is 13.4. The average molecular weight is 571 g/mol. The molecule has 1 N–H and O–H groups in total. The Hall–Kier alpha value is -4.16. The molecule has 41 heavy (non-hydrogen) atoms. The number of hydrogen-bond acceptors (Lipinski definition) is 7. The Morgan fingerprint density at radius 2 is 1.76 bits per heavy atom. The fraction of sp³-hybridized carbons (Fsp3) is 0.379. The fourth-order valence-corrected chi connectivity index (χ4v) is 4.68. The van der Waals surface area contributed by atoms with Crippen LogP contribution in [0.25, 0.3) is 0 Å². The minimum absolute atomic E-state index is 0.0901. The normalized spacial score (nSPS) is 14.6. The van der Waals surface area contributed by atoms with Gasteiger partial charge >= 0.3 is 6.03 Å². The Kier molecular flexibility index (Phi) is 9.32. The lowest BCUT2D eigenvalue weighted by Crippen LogP contribution is -2.45. The summed E-state index contributed by atoms with van der Waals surface area (Å²) in [6.07, 6.45) is 2.14. The van der Waals surface area contributed by atoms with Gasteiger partial charge in [-0.2, -0.15) is 0 Å². The molecule has 1 saturated heterocycles. The zero-order valence-corrected chi connectivity index (χ0v) is 22.5. The number of carbonyl (C=O) groups is 2. The first-order chi connectivity index (χ1) is 19.9. The lowest BCUT2D eigenvalue weighted by atomic mass is 10.2. The number of nitrogens with zero attached hydrogens (tertiary/aromatic N) is 3. The molecule has 10 nitrogen and oxygen atoms in total. The minimum Gasteiger partial charge on any atom is -0.467 e. The highest BCUT2D eigenvalue weighted by Crippen LogP contribution is 2.33. The van der Waals surface area contributed by atoms with Gasteiger partial charge in [-0.15, -0.1) is 0 Å². The molecular formula is C29H32F2N4O6. The van der Waals surface area contributed by atoms with Gasteiger partial charge in [0.15, 0.2) is 23.1 Å². The van der Waals surface area contributed by atoms with E-state index in [9.17, 15) is 18.4 Å². The van der Waals surface area contributed by atoms with Gasteiger partial charge in [-0.05, 0) is 48.4 Å². The van der Waals surface area contributed by atoms with Crippen molar-refractivity contribution < 1.29 is 37.0 Å². The molecule has 0 unspecified atom stereocenters. The van der Waals surface area contributed by atoms with Crippen molar-refractivity contribution in [3.05, 3.63) is 77.8 Å². The van der Waals surface area contributed by atoms with E-state index in [1.165, 1.54) is 17.2 Å². The number of amides is 3. The number of halogens is 2. The molecule has 218 valence electrons. The Labute approximate surface area is 236 Å². The summed E-state index contributed by atoms with van der Waals surface area (Å²) in [5.74, 6) is -0.583. The number of fused-ring (bicyclic) bond motifs is 1. The molecule has 3 aromatic rings. The monoisotopic (exact) mass is 570 g/mol. The predicted octanol–water partition coefficient (Wildman–Crippen LogP) is 4.07. The van der Waals surface area contributed by atoms with Crippen LogP contribution < -0.4 is 14.8 Å². The molecule has 12 heteroatoms. The summed E-state index contributed by atoms with van der Waals surface area (Å²) in [6.45, 7) is 4.23. The molecule has 1 fully saturated rings. The van der Waals surface area contributed by atoms with Crippen molar-refractivity contribution in [1.29, 1.82) is 0 Å². The smallest absolute Gasteiger partial charge is 0.322 e. The number of morpholine rings is 1. The first kappa shape index (κ1) is 28.4. The lowest BCUT2D eigenvalue weighted by Gasteiger charge is -2.30. The van der Waals surface area contributed by atoms with E-state index in [-0.39, 0.29) is 44.6 Å². The molecule has 1 aromatic heterocycles. The van der Waals surface area contributed by atoms with Crippen molar-refractivity contribution >= 4 is 17.6 Å². The van der Waals surface area contributed by atoms with Crippen molar-refractivity contribution in [3.8, 4) is 11.5 Å². The van der Waals surface area contributed by atoms with Gasteiger partial charge in [0.2, 0.25) is 12.7 Å². The van der Waals surface area contributed by atoms with Crippen molar-refractivity contribution in [2.45, 2.75) is 19.5 Å². The Morgan fingerprint density at radius 1 is 0.927 bits per heavy atom. The van der Waals surface area contributed by atoms with Crippen LogP contribution in [0, 0.1) is 11.6 Å². The van der Waals surface area contributed by atoms with Crippen LogP contribution in [0.4, 0.5) is 19.3 Å². The second-order valence-electron chi connectivity index (χ2n) is 9.80. The van der Waals surface area contributed by atoms with Gasteiger partial charge in [0.05, 0.1) is 26.0 Å². The van der Waals surface area contributed by atoms with E-state index in [1.54, 1.807) is 23.1 Å². The number of furan rings is 1. The summed E-state index contributed by atoms with van der Waals surface area (Å²) in [5.41, 5.74) is 0.909. The second-order valence-corrected chi connectivity index (χ2v) is 9.80. The predicted molar refractivity (Wildman–Crippen MR) is 144 cm³/mol. The van der Waals surface area contributed by atoms with Crippen molar-refractivity contribution in [2.24, 2.45) is 0 Å². The molecule has 0 bridgehead atoms. The Morgan fingerprint density at radius 3 is 2.54 bits per heavy atom. The number of urea groups is 1. The molecule has 5 rings (SSSR count).